The number of rotatable bonds is 7. The highest BCUT2D eigenvalue weighted by atomic mass is 32.2. The molecule has 0 atom stereocenters. The third-order valence-electron chi connectivity index (χ3n) is 3.38. The number of carbonyl (C=O) groups is 1. The molecule has 0 saturated carbocycles. The summed E-state index contributed by atoms with van der Waals surface area (Å²) in [5, 5.41) is 2.66. The molecule has 24 heavy (non-hydrogen) atoms. The monoisotopic (exact) mass is 350 g/mol. The Kier molecular flexibility index (Phi) is 6.05. The van der Waals surface area contributed by atoms with Crippen LogP contribution in [0.2, 0.25) is 0 Å². The molecule has 0 aliphatic carbocycles. The van der Waals surface area contributed by atoms with Crippen LogP contribution >= 0.6 is 0 Å². The molecule has 2 aromatic rings. The third kappa shape index (κ3) is 5.43. The molecule has 0 heterocycles. The maximum absolute atomic E-state index is 12.8. The number of carbonyl (C=O) groups excluding carboxylic acids is 1. The maximum atomic E-state index is 12.8. The Morgan fingerprint density at radius 1 is 1.04 bits per heavy atom. The van der Waals surface area contributed by atoms with Crippen molar-refractivity contribution in [2.45, 2.75) is 24.8 Å². The molecule has 0 saturated heterocycles. The van der Waals surface area contributed by atoms with Crippen LogP contribution in [0.5, 0.6) is 0 Å². The lowest BCUT2D eigenvalue weighted by atomic mass is 10.2. The number of benzene rings is 2. The molecule has 0 spiro atoms. The minimum Gasteiger partial charge on any atom is -0.352 e. The highest BCUT2D eigenvalue weighted by Gasteiger charge is 2.13. The van der Waals surface area contributed by atoms with E-state index in [1.54, 1.807) is 24.3 Å². The van der Waals surface area contributed by atoms with Crippen LogP contribution in [0.25, 0.3) is 0 Å². The number of amides is 1. The normalized spacial score (nSPS) is 11.2. The lowest BCUT2D eigenvalue weighted by molar-refractivity contribution is -0.121. The van der Waals surface area contributed by atoms with Crippen molar-refractivity contribution in [2.75, 3.05) is 6.54 Å². The summed E-state index contributed by atoms with van der Waals surface area (Å²) in [6, 6.07) is 12.3. The van der Waals surface area contributed by atoms with E-state index in [9.17, 15) is 17.6 Å². The van der Waals surface area contributed by atoms with Gasteiger partial charge in [-0.3, -0.25) is 4.79 Å². The minimum absolute atomic E-state index is 0.00542. The van der Waals surface area contributed by atoms with Crippen molar-refractivity contribution >= 4 is 15.9 Å². The zero-order valence-corrected chi connectivity index (χ0v) is 14.1. The Morgan fingerprint density at radius 2 is 1.67 bits per heavy atom. The van der Waals surface area contributed by atoms with Gasteiger partial charge >= 0.3 is 0 Å². The Hall–Kier alpha value is -2.25. The van der Waals surface area contributed by atoms with Gasteiger partial charge in [0, 0.05) is 19.5 Å². The Balaban J connectivity index is 1.77. The molecule has 5 nitrogen and oxygen atoms in total. The van der Waals surface area contributed by atoms with Crippen molar-refractivity contribution in [3.8, 4) is 0 Å². The topological polar surface area (TPSA) is 75.3 Å². The number of sulfonamides is 1. The fourth-order valence-corrected chi connectivity index (χ4v) is 3.02. The van der Waals surface area contributed by atoms with Gasteiger partial charge in [-0.05, 0) is 36.8 Å². The van der Waals surface area contributed by atoms with Crippen LogP contribution in [0.1, 0.15) is 17.5 Å². The smallest absolute Gasteiger partial charge is 0.240 e. The summed E-state index contributed by atoms with van der Waals surface area (Å²) in [7, 11) is -3.62. The first-order valence-electron chi connectivity index (χ1n) is 7.44. The van der Waals surface area contributed by atoms with E-state index in [0.717, 1.165) is 11.1 Å². The van der Waals surface area contributed by atoms with Crippen molar-refractivity contribution in [1.29, 1.82) is 0 Å². The Bertz CT molecular complexity index is 788. The Morgan fingerprint density at radius 3 is 2.29 bits per heavy atom. The molecule has 0 aliphatic rings. The molecule has 0 fully saturated rings. The quantitative estimate of drug-likeness (QED) is 0.803. The van der Waals surface area contributed by atoms with Gasteiger partial charge in [-0.2, -0.15) is 0 Å². The molecule has 1 amide bonds. The zero-order chi connectivity index (χ0) is 17.6. The third-order valence-corrected chi connectivity index (χ3v) is 4.86. The average molecular weight is 350 g/mol. The fraction of sp³-hybridized carbons (Fsp3) is 0.235. The SMILES string of the molecule is Cc1ccc(S(=O)(=O)NCCC(=O)NCc2ccc(F)cc2)cc1. The molecule has 0 aliphatic heterocycles. The molecule has 7 heteroatoms. The summed E-state index contributed by atoms with van der Waals surface area (Å²) in [6.07, 6.45) is 0.0201. The molecule has 0 bridgehead atoms. The molecule has 2 rings (SSSR count). The summed E-state index contributed by atoms with van der Waals surface area (Å²) in [6.45, 7) is 2.14. The highest BCUT2D eigenvalue weighted by molar-refractivity contribution is 7.89. The number of hydrogen-bond donors (Lipinski definition) is 2. The molecule has 0 radical (unpaired) electrons. The van der Waals surface area contributed by atoms with E-state index in [0.29, 0.717) is 0 Å². The van der Waals surface area contributed by atoms with Gasteiger partial charge in [0.25, 0.3) is 0 Å². The first-order chi connectivity index (χ1) is 11.4. The van der Waals surface area contributed by atoms with Crippen molar-refractivity contribution in [2.24, 2.45) is 0 Å². The van der Waals surface area contributed by atoms with E-state index < -0.39 is 10.0 Å². The number of halogens is 1. The lowest BCUT2D eigenvalue weighted by Gasteiger charge is -2.08. The van der Waals surface area contributed by atoms with Crippen LogP contribution < -0.4 is 10.0 Å². The highest BCUT2D eigenvalue weighted by Crippen LogP contribution is 2.09. The lowest BCUT2D eigenvalue weighted by Crippen LogP contribution is -2.30. The average Bonchev–Trinajstić information content (AvgIpc) is 2.54. The van der Waals surface area contributed by atoms with Gasteiger partial charge in [0.15, 0.2) is 0 Å². The van der Waals surface area contributed by atoms with Gasteiger partial charge in [0.2, 0.25) is 15.9 Å². The van der Waals surface area contributed by atoms with Crippen molar-refractivity contribution in [3.63, 3.8) is 0 Å². The second-order valence-electron chi connectivity index (χ2n) is 5.36. The van der Waals surface area contributed by atoms with Gasteiger partial charge in [-0.25, -0.2) is 17.5 Å². The summed E-state index contributed by atoms with van der Waals surface area (Å²) in [5.41, 5.74) is 1.74. The van der Waals surface area contributed by atoms with Crippen LogP contribution in [-0.2, 0) is 21.4 Å². The summed E-state index contributed by atoms with van der Waals surface area (Å²) < 4.78 is 39.3. The standard InChI is InChI=1S/C17H19FN2O3S/c1-13-2-8-16(9-3-13)24(22,23)20-11-10-17(21)19-12-14-4-6-15(18)7-5-14/h2-9,20H,10-12H2,1H3,(H,19,21). The molecule has 2 aromatic carbocycles. The van der Waals surface area contributed by atoms with Crippen molar-refractivity contribution in [3.05, 3.63) is 65.5 Å². The largest absolute Gasteiger partial charge is 0.352 e. The van der Waals surface area contributed by atoms with Gasteiger partial charge in [0.05, 0.1) is 4.90 Å². The van der Waals surface area contributed by atoms with Crippen molar-refractivity contribution in [1.82, 2.24) is 10.0 Å². The summed E-state index contributed by atoms with van der Waals surface area (Å²) >= 11 is 0. The van der Waals surface area contributed by atoms with Crippen LogP contribution in [0.3, 0.4) is 0 Å². The van der Waals surface area contributed by atoms with Crippen LogP contribution in [0.15, 0.2) is 53.4 Å². The summed E-state index contributed by atoms with van der Waals surface area (Å²) in [4.78, 5) is 11.9. The van der Waals surface area contributed by atoms with E-state index in [4.69, 9.17) is 0 Å². The molecule has 128 valence electrons. The van der Waals surface area contributed by atoms with Crippen LogP contribution in [0, 0.1) is 12.7 Å². The minimum atomic E-state index is -3.62. The van der Waals surface area contributed by atoms with Crippen LogP contribution in [-0.4, -0.2) is 20.9 Å². The Labute approximate surface area is 141 Å². The maximum Gasteiger partial charge on any atom is 0.240 e. The van der Waals surface area contributed by atoms with E-state index in [2.05, 4.69) is 10.0 Å². The van der Waals surface area contributed by atoms with E-state index in [1.807, 2.05) is 6.92 Å². The molecular formula is C17H19FN2O3S. The van der Waals surface area contributed by atoms with Crippen LogP contribution in [0.4, 0.5) is 4.39 Å². The number of aryl methyl sites for hydroxylation is 1. The second kappa shape index (κ2) is 8.03. The van der Waals surface area contributed by atoms with Gasteiger partial charge < -0.3 is 5.32 Å². The fourth-order valence-electron chi connectivity index (χ4n) is 1.99. The summed E-state index contributed by atoms with van der Waals surface area (Å²) in [5.74, 6) is -0.624. The van der Waals surface area contributed by atoms with Gasteiger partial charge in [-0.1, -0.05) is 29.8 Å². The number of nitrogens with one attached hydrogen (secondary N) is 2. The second-order valence-corrected chi connectivity index (χ2v) is 7.13. The molecule has 2 N–H and O–H groups in total. The van der Waals surface area contributed by atoms with E-state index >= 15 is 0 Å². The molecule has 0 unspecified atom stereocenters. The van der Waals surface area contributed by atoms with Crippen molar-refractivity contribution < 1.29 is 17.6 Å². The first kappa shape index (κ1) is 18.1. The van der Waals surface area contributed by atoms with E-state index in [-0.39, 0.29) is 36.1 Å². The van der Waals surface area contributed by atoms with Gasteiger partial charge in [-0.15, -0.1) is 0 Å². The van der Waals surface area contributed by atoms with E-state index in [1.165, 1.54) is 24.3 Å². The predicted molar refractivity (Wildman–Crippen MR) is 89.2 cm³/mol. The first-order valence-corrected chi connectivity index (χ1v) is 8.92. The van der Waals surface area contributed by atoms with Gasteiger partial charge in [0.1, 0.15) is 5.82 Å². The predicted octanol–water partition coefficient (Wildman–Crippen LogP) is 2.12. The molecule has 0 aromatic heterocycles. The number of hydrogen-bond acceptors (Lipinski definition) is 3. The zero-order valence-electron chi connectivity index (χ0n) is 13.3. The molecular weight excluding hydrogens is 331 g/mol.